The Morgan fingerprint density at radius 1 is 1.13 bits per heavy atom. The van der Waals surface area contributed by atoms with E-state index in [0.717, 1.165) is 23.4 Å². The molecule has 0 aliphatic carbocycles. The molecular weight excluding hydrogens is 415 g/mol. The molecule has 1 aliphatic heterocycles. The van der Waals surface area contributed by atoms with Crippen LogP contribution in [0.25, 0.3) is 0 Å². The quantitative estimate of drug-likeness (QED) is 0.506. The third-order valence-electron chi connectivity index (χ3n) is 5.23. The molecular formula is C21H22F3N3O4. The number of nitro benzene ring substituents is 1. The molecule has 1 fully saturated rings. The SMILES string of the molecule is COc1cccc(CCC(=O)N2CCN(c3ccc(C(F)(F)F)cc3[N+](=O)[O-])CC2)c1. The van der Waals surface area contributed by atoms with E-state index in [-0.39, 0.29) is 11.6 Å². The van der Waals surface area contributed by atoms with E-state index in [0.29, 0.717) is 45.1 Å². The molecule has 1 saturated heterocycles. The van der Waals surface area contributed by atoms with Crippen molar-refractivity contribution in [1.82, 2.24) is 4.90 Å². The number of nitrogens with zero attached hydrogens (tertiary/aromatic N) is 3. The summed E-state index contributed by atoms with van der Waals surface area (Å²) >= 11 is 0. The van der Waals surface area contributed by atoms with Gasteiger partial charge in [-0.3, -0.25) is 14.9 Å². The molecule has 0 atom stereocenters. The van der Waals surface area contributed by atoms with Crippen LogP contribution in [0.15, 0.2) is 42.5 Å². The first-order chi connectivity index (χ1) is 14.7. The second-order valence-electron chi connectivity index (χ2n) is 7.18. The lowest BCUT2D eigenvalue weighted by molar-refractivity contribution is -0.384. The van der Waals surface area contributed by atoms with Gasteiger partial charge >= 0.3 is 6.18 Å². The molecule has 3 rings (SSSR count). The van der Waals surface area contributed by atoms with Crippen LogP contribution in [0.3, 0.4) is 0 Å². The smallest absolute Gasteiger partial charge is 0.416 e. The molecule has 0 radical (unpaired) electrons. The van der Waals surface area contributed by atoms with Crippen LogP contribution in [0, 0.1) is 10.1 Å². The van der Waals surface area contributed by atoms with Crippen LogP contribution in [-0.2, 0) is 17.4 Å². The summed E-state index contributed by atoms with van der Waals surface area (Å²) < 4.78 is 43.9. The van der Waals surface area contributed by atoms with E-state index in [9.17, 15) is 28.1 Å². The van der Waals surface area contributed by atoms with Gasteiger partial charge in [-0.1, -0.05) is 12.1 Å². The van der Waals surface area contributed by atoms with Gasteiger partial charge in [0.25, 0.3) is 5.69 Å². The van der Waals surface area contributed by atoms with Gasteiger partial charge in [0, 0.05) is 38.7 Å². The molecule has 0 spiro atoms. The predicted molar refractivity (Wildman–Crippen MR) is 108 cm³/mol. The Bertz CT molecular complexity index is 957. The number of alkyl halides is 3. The third-order valence-corrected chi connectivity index (χ3v) is 5.23. The number of nitro groups is 1. The maximum atomic E-state index is 12.9. The van der Waals surface area contributed by atoms with Gasteiger partial charge in [0.2, 0.25) is 5.91 Å². The van der Waals surface area contributed by atoms with Crippen LogP contribution in [-0.4, -0.2) is 49.0 Å². The first-order valence-corrected chi connectivity index (χ1v) is 9.70. The molecule has 1 amide bonds. The highest BCUT2D eigenvalue weighted by Crippen LogP contribution is 2.36. The molecule has 0 N–H and O–H groups in total. The van der Waals surface area contributed by atoms with E-state index in [1.165, 1.54) is 0 Å². The second kappa shape index (κ2) is 9.23. The topological polar surface area (TPSA) is 75.9 Å². The van der Waals surface area contributed by atoms with Gasteiger partial charge in [0.15, 0.2) is 0 Å². The van der Waals surface area contributed by atoms with Crippen molar-refractivity contribution in [2.75, 3.05) is 38.2 Å². The second-order valence-corrected chi connectivity index (χ2v) is 7.18. The number of piperazine rings is 1. The Morgan fingerprint density at radius 3 is 2.45 bits per heavy atom. The molecule has 7 nitrogen and oxygen atoms in total. The van der Waals surface area contributed by atoms with Crippen LogP contribution in [0.5, 0.6) is 5.75 Å². The average molecular weight is 437 g/mol. The standard InChI is InChI=1S/C21H22F3N3O4/c1-31-17-4-2-3-15(13-17)5-8-20(28)26-11-9-25(10-12-26)18-7-6-16(21(22,23)24)14-19(18)27(29)30/h2-4,6-7,13-14H,5,8-12H2,1H3. The van der Waals surface area contributed by atoms with Crippen molar-refractivity contribution < 1.29 is 27.6 Å². The molecule has 0 unspecified atom stereocenters. The lowest BCUT2D eigenvalue weighted by Gasteiger charge is -2.36. The number of carbonyl (C=O) groups excluding carboxylic acids is 1. The Morgan fingerprint density at radius 2 is 1.84 bits per heavy atom. The highest BCUT2D eigenvalue weighted by molar-refractivity contribution is 5.77. The monoisotopic (exact) mass is 437 g/mol. The van der Waals surface area contributed by atoms with Crippen LogP contribution in [0.1, 0.15) is 17.5 Å². The fraction of sp³-hybridized carbons (Fsp3) is 0.381. The summed E-state index contributed by atoms with van der Waals surface area (Å²) in [5, 5.41) is 11.3. The van der Waals surface area contributed by atoms with Crippen molar-refractivity contribution in [2.24, 2.45) is 0 Å². The Kier molecular flexibility index (Phi) is 6.67. The summed E-state index contributed by atoms with van der Waals surface area (Å²) in [7, 11) is 1.57. The van der Waals surface area contributed by atoms with Crippen LogP contribution in [0.2, 0.25) is 0 Å². The van der Waals surface area contributed by atoms with Gasteiger partial charge in [-0.25, -0.2) is 0 Å². The van der Waals surface area contributed by atoms with Crippen molar-refractivity contribution in [2.45, 2.75) is 19.0 Å². The van der Waals surface area contributed by atoms with Crippen molar-refractivity contribution >= 4 is 17.3 Å². The number of amides is 1. The summed E-state index contributed by atoms with van der Waals surface area (Å²) in [4.78, 5) is 26.4. The van der Waals surface area contributed by atoms with Crippen LogP contribution >= 0.6 is 0 Å². The van der Waals surface area contributed by atoms with E-state index in [1.807, 2.05) is 24.3 Å². The molecule has 0 saturated carbocycles. The molecule has 0 aromatic heterocycles. The Hall–Kier alpha value is -3.30. The number of hydrogen-bond acceptors (Lipinski definition) is 5. The normalized spacial score (nSPS) is 14.5. The van der Waals surface area contributed by atoms with Crippen molar-refractivity contribution in [3.8, 4) is 5.75 Å². The minimum Gasteiger partial charge on any atom is -0.497 e. The van der Waals surface area contributed by atoms with E-state index >= 15 is 0 Å². The molecule has 166 valence electrons. The van der Waals surface area contributed by atoms with E-state index < -0.39 is 22.4 Å². The molecule has 1 aliphatic rings. The number of halogens is 3. The molecule has 2 aromatic carbocycles. The first-order valence-electron chi connectivity index (χ1n) is 9.70. The lowest BCUT2D eigenvalue weighted by Crippen LogP contribution is -2.49. The fourth-order valence-electron chi connectivity index (χ4n) is 3.55. The number of aryl methyl sites for hydroxylation is 1. The average Bonchev–Trinajstić information content (AvgIpc) is 2.76. The van der Waals surface area contributed by atoms with Crippen LogP contribution < -0.4 is 9.64 Å². The summed E-state index contributed by atoms with van der Waals surface area (Å²) in [6.45, 7) is 1.29. The van der Waals surface area contributed by atoms with Gasteiger partial charge in [0.05, 0.1) is 17.6 Å². The number of ether oxygens (including phenoxy) is 1. The molecule has 1 heterocycles. The zero-order chi connectivity index (χ0) is 22.6. The number of methoxy groups -OCH3 is 1. The largest absolute Gasteiger partial charge is 0.497 e. The zero-order valence-corrected chi connectivity index (χ0v) is 16.9. The molecule has 2 aromatic rings. The lowest BCUT2D eigenvalue weighted by atomic mass is 10.1. The minimum absolute atomic E-state index is 0.0376. The number of hydrogen-bond donors (Lipinski definition) is 0. The molecule has 10 heteroatoms. The van der Waals surface area contributed by atoms with Crippen LogP contribution in [0.4, 0.5) is 24.5 Å². The van der Waals surface area contributed by atoms with Crippen molar-refractivity contribution in [3.63, 3.8) is 0 Å². The van der Waals surface area contributed by atoms with E-state index in [1.54, 1.807) is 16.9 Å². The van der Waals surface area contributed by atoms with Gasteiger partial charge in [-0.05, 0) is 36.2 Å². The van der Waals surface area contributed by atoms with Crippen molar-refractivity contribution in [3.05, 3.63) is 63.7 Å². The highest BCUT2D eigenvalue weighted by Gasteiger charge is 2.34. The number of rotatable bonds is 6. The summed E-state index contributed by atoms with van der Waals surface area (Å²) in [6.07, 6.45) is -3.79. The van der Waals surface area contributed by atoms with Gasteiger partial charge in [-0.15, -0.1) is 0 Å². The summed E-state index contributed by atoms with van der Waals surface area (Å²) in [6, 6.07) is 9.99. The molecule has 0 bridgehead atoms. The maximum Gasteiger partial charge on any atom is 0.416 e. The first kappa shape index (κ1) is 22.4. The zero-order valence-electron chi connectivity index (χ0n) is 16.9. The van der Waals surface area contributed by atoms with Crippen molar-refractivity contribution in [1.29, 1.82) is 0 Å². The number of benzene rings is 2. The van der Waals surface area contributed by atoms with Gasteiger partial charge < -0.3 is 14.5 Å². The molecule has 31 heavy (non-hydrogen) atoms. The highest BCUT2D eigenvalue weighted by atomic mass is 19.4. The third kappa shape index (κ3) is 5.44. The van der Waals surface area contributed by atoms with Gasteiger partial charge in [-0.2, -0.15) is 13.2 Å². The summed E-state index contributed by atoms with van der Waals surface area (Å²) in [5.74, 6) is 0.682. The van der Waals surface area contributed by atoms with Gasteiger partial charge in [0.1, 0.15) is 11.4 Å². The van der Waals surface area contributed by atoms with E-state index in [2.05, 4.69) is 0 Å². The predicted octanol–water partition coefficient (Wildman–Crippen LogP) is 3.90. The summed E-state index contributed by atoms with van der Waals surface area (Å²) in [5.41, 5.74) is -0.546. The maximum absolute atomic E-state index is 12.9. The fourth-order valence-corrected chi connectivity index (χ4v) is 3.55. The Labute approximate surface area is 177 Å². The number of anilines is 1. The minimum atomic E-state index is -4.66. The number of carbonyl (C=O) groups is 1. The Balaban J connectivity index is 1.61. The van der Waals surface area contributed by atoms with E-state index in [4.69, 9.17) is 4.74 Å².